The maximum absolute atomic E-state index is 13.4. The van der Waals surface area contributed by atoms with Crippen molar-refractivity contribution < 1.29 is 9.18 Å². The molecule has 0 bridgehead atoms. The summed E-state index contributed by atoms with van der Waals surface area (Å²) in [5.41, 5.74) is 7.80. The number of rotatable bonds is 2. The Kier molecular flexibility index (Phi) is 3.38. The highest BCUT2D eigenvalue weighted by atomic mass is 19.1. The second-order valence-corrected chi connectivity index (χ2v) is 5.72. The third-order valence-electron chi connectivity index (χ3n) is 4.32. The van der Waals surface area contributed by atoms with Crippen LogP contribution in [0.4, 0.5) is 10.1 Å². The summed E-state index contributed by atoms with van der Waals surface area (Å²) in [6.07, 6.45) is 1.58. The van der Waals surface area contributed by atoms with Gasteiger partial charge in [0.25, 0.3) is 0 Å². The van der Waals surface area contributed by atoms with E-state index in [2.05, 4.69) is 4.90 Å². The van der Waals surface area contributed by atoms with Crippen LogP contribution in [0.2, 0.25) is 0 Å². The van der Waals surface area contributed by atoms with Crippen molar-refractivity contribution in [3.63, 3.8) is 0 Å². The van der Waals surface area contributed by atoms with Crippen LogP contribution in [-0.4, -0.2) is 36.5 Å². The van der Waals surface area contributed by atoms with E-state index in [9.17, 15) is 9.18 Å². The zero-order valence-corrected chi connectivity index (χ0v) is 11.7. The molecular weight excluding hydrogens is 257 g/mol. The van der Waals surface area contributed by atoms with E-state index < -0.39 is 0 Å². The molecule has 2 atom stereocenters. The summed E-state index contributed by atoms with van der Waals surface area (Å²) in [7, 11) is 0. The Morgan fingerprint density at radius 1 is 1.40 bits per heavy atom. The SMILES string of the molecule is CC(N)c1cc(F)ccc1N1CCN2C(=O)CCC2C1. The molecule has 0 saturated carbocycles. The number of hydrogen-bond acceptors (Lipinski definition) is 3. The van der Waals surface area contributed by atoms with E-state index in [1.807, 2.05) is 11.8 Å². The highest BCUT2D eigenvalue weighted by molar-refractivity contribution is 5.79. The van der Waals surface area contributed by atoms with Crippen molar-refractivity contribution in [2.24, 2.45) is 5.73 Å². The Labute approximate surface area is 118 Å². The van der Waals surface area contributed by atoms with Crippen LogP contribution in [0, 0.1) is 5.82 Å². The number of nitrogens with two attached hydrogens (primary N) is 1. The number of benzene rings is 1. The summed E-state index contributed by atoms with van der Waals surface area (Å²) in [5.74, 6) is 0.0110. The fraction of sp³-hybridized carbons (Fsp3) is 0.533. The normalized spacial score (nSPS) is 23.9. The first kappa shape index (κ1) is 13.4. The van der Waals surface area contributed by atoms with E-state index in [4.69, 9.17) is 5.73 Å². The molecule has 2 saturated heterocycles. The van der Waals surface area contributed by atoms with Crippen LogP contribution < -0.4 is 10.6 Å². The van der Waals surface area contributed by atoms with Gasteiger partial charge in [-0.05, 0) is 37.1 Å². The Balaban J connectivity index is 1.85. The minimum atomic E-state index is -0.254. The molecule has 2 unspecified atom stereocenters. The van der Waals surface area contributed by atoms with Crippen molar-refractivity contribution in [3.8, 4) is 0 Å². The molecule has 2 aliphatic rings. The number of hydrogen-bond donors (Lipinski definition) is 1. The monoisotopic (exact) mass is 277 g/mol. The molecule has 1 aromatic carbocycles. The van der Waals surface area contributed by atoms with Crippen molar-refractivity contribution in [2.45, 2.75) is 31.8 Å². The fourth-order valence-corrected chi connectivity index (χ4v) is 3.26. The minimum Gasteiger partial charge on any atom is -0.367 e. The molecule has 2 heterocycles. The van der Waals surface area contributed by atoms with Gasteiger partial charge in [-0.25, -0.2) is 4.39 Å². The second-order valence-electron chi connectivity index (χ2n) is 5.72. The third kappa shape index (κ3) is 2.26. The summed E-state index contributed by atoms with van der Waals surface area (Å²) < 4.78 is 13.4. The van der Waals surface area contributed by atoms with Crippen LogP contribution in [0.5, 0.6) is 0 Å². The molecule has 1 aromatic rings. The Morgan fingerprint density at radius 3 is 2.95 bits per heavy atom. The Bertz CT molecular complexity index is 532. The molecule has 0 aromatic heterocycles. The van der Waals surface area contributed by atoms with E-state index in [-0.39, 0.29) is 17.8 Å². The van der Waals surface area contributed by atoms with Gasteiger partial charge in [0.1, 0.15) is 5.82 Å². The number of fused-ring (bicyclic) bond motifs is 1. The molecule has 20 heavy (non-hydrogen) atoms. The lowest BCUT2D eigenvalue weighted by atomic mass is 10.0. The maximum Gasteiger partial charge on any atom is 0.223 e. The quantitative estimate of drug-likeness (QED) is 0.894. The van der Waals surface area contributed by atoms with E-state index in [0.29, 0.717) is 12.5 Å². The predicted molar refractivity (Wildman–Crippen MR) is 76.0 cm³/mol. The second kappa shape index (κ2) is 5.05. The van der Waals surface area contributed by atoms with Gasteiger partial charge in [-0.15, -0.1) is 0 Å². The van der Waals surface area contributed by atoms with Crippen LogP contribution in [0.15, 0.2) is 18.2 Å². The average Bonchev–Trinajstić information content (AvgIpc) is 2.80. The molecule has 0 spiro atoms. The minimum absolute atomic E-state index is 0.205. The summed E-state index contributed by atoms with van der Waals surface area (Å²) >= 11 is 0. The maximum atomic E-state index is 13.4. The van der Waals surface area contributed by atoms with Gasteiger partial charge in [0.15, 0.2) is 0 Å². The third-order valence-corrected chi connectivity index (χ3v) is 4.32. The topological polar surface area (TPSA) is 49.6 Å². The van der Waals surface area contributed by atoms with Gasteiger partial charge in [-0.1, -0.05) is 0 Å². The van der Waals surface area contributed by atoms with Crippen LogP contribution >= 0.6 is 0 Å². The molecule has 0 aliphatic carbocycles. The van der Waals surface area contributed by atoms with Crippen LogP contribution in [0.3, 0.4) is 0 Å². The van der Waals surface area contributed by atoms with Crippen LogP contribution in [0.1, 0.15) is 31.4 Å². The van der Waals surface area contributed by atoms with Gasteiger partial charge < -0.3 is 15.5 Å². The van der Waals surface area contributed by atoms with Crippen LogP contribution in [-0.2, 0) is 4.79 Å². The zero-order valence-electron chi connectivity index (χ0n) is 11.7. The molecule has 1 amide bonds. The molecular formula is C15H20FN3O. The van der Waals surface area contributed by atoms with E-state index in [1.54, 1.807) is 6.07 Å². The number of piperazine rings is 1. The average molecular weight is 277 g/mol. The van der Waals surface area contributed by atoms with Crippen molar-refractivity contribution in [3.05, 3.63) is 29.6 Å². The summed E-state index contributed by atoms with van der Waals surface area (Å²) in [6, 6.07) is 4.89. The van der Waals surface area contributed by atoms with Crippen LogP contribution in [0.25, 0.3) is 0 Å². The predicted octanol–water partition coefficient (Wildman–Crippen LogP) is 1.66. The number of nitrogens with zero attached hydrogens (tertiary/aromatic N) is 2. The van der Waals surface area contributed by atoms with E-state index >= 15 is 0 Å². The standard InChI is InChI=1S/C15H20FN3O/c1-10(17)13-8-11(16)2-4-14(13)18-6-7-19-12(9-18)3-5-15(19)20/h2,4,8,10,12H,3,5-7,9,17H2,1H3. The Morgan fingerprint density at radius 2 is 2.20 bits per heavy atom. The number of amides is 1. The van der Waals surface area contributed by atoms with Gasteiger partial charge in [-0.2, -0.15) is 0 Å². The van der Waals surface area contributed by atoms with Gasteiger partial charge >= 0.3 is 0 Å². The molecule has 2 fully saturated rings. The number of carbonyl (C=O) groups excluding carboxylic acids is 1. The number of anilines is 1. The summed E-state index contributed by atoms with van der Waals surface area (Å²) in [5, 5.41) is 0. The molecule has 5 heteroatoms. The summed E-state index contributed by atoms with van der Waals surface area (Å²) in [4.78, 5) is 15.9. The van der Waals surface area contributed by atoms with Gasteiger partial charge in [-0.3, -0.25) is 4.79 Å². The molecule has 2 aliphatic heterocycles. The smallest absolute Gasteiger partial charge is 0.223 e. The first-order valence-corrected chi connectivity index (χ1v) is 7.15. The number of carbonyl (C=O) groups is 1. The van der Waals surface area contributed by atoms with Gasteiger partial charge in [0.05, 0.1) is 0 Å². The summed E-state index contributed by atoms with van der Waals surface area (Å²) in [6.45, 7) is 4.22. The van der Waals surface area contributed by atoms with Crippen molar-refractivity contribution in [1.29, 1.82) is 0 Å². The Hall–Kier alpha value is -1.62. The highest BCUT2D eigenvalue weighted by Gasteiger charge is 2.36. The first-order chi connectivity index (χ1) is 9.56. The van der Waals surface area contributed by atoms with Crippen molar-refractivity contribution >= 4 is 11.6 Å². The van der Waals surface area contributed by atoms with Crippen molar-refractivity contribution in [2.75, 3.05) is 24.5 Å². The van der Waals surface area contributed by atoms with E-state index in [1.165, 1.54) is 12.1 Å². The molecule has 108 valence electrons. The first-order valence-electron chi connectivity index (χ1n) is 7.15. The number of halogens is 1. The van der Waals surface area contributed by atoms with E-state index in [0.717, 1.165) is 37.3 Å². The molecule has 4 nitrogen and oxygen atoms in total. The van der Waals surface area contributed by atoms with Crippen molar-refractivity contribution in [1.82, 2.24) is 4.90 Å². The molecule has 0 radical (unpaired) electrons. The molecule has 3 rings (SSSR count). The van der Waals surface area contributed by atoms with Gasteiger partial charge in [0, 0.05) is 43.8 Å². The fourth-order valence-electron chi connectivity index (χ4n) is 3.26. The molecule has 2 N–H and O–H groups in total. The van der Waals surface area contributed by atoms with Gasteiger partial charge in [0.2, 0.25) is 5.91 Å². The highest BCUT2D eigenvalue weighted by Crippen LogP contribution is 2.31. The largest absolute Gasteiger partial charge is 0.367 e. The lowest BCUT2D eigenvalue weighted by Crippen LogP contribution is -2.51. The zero-order chi connectivity index (χ0) is 14.3. The lowest BCUT2D eigenvalue weighted by Gasteiger charge is -2.40. The lowest BCUT2D eigenvalue weighted by molar-refractivity contribution is -0.129.